The Labute approximate surface area is 164 Å². The van der Waals surface area contributed by atoms with Gasteiger partial charge in [0.25, 0.3) is 0 Å². The number of piperidine rings is 2. The van der Waals surface area contributed by atoms with Crippen molar-refractivity contribution in [3.05, 3.63) is 34.3 Å². The molecular weight excluding hydrogens is 416 g/mol. The number of likely N-dealkylation sites (tertiary alicyclic amines) is 1. The number of nitrogens with zero attached hydrogens (tertiary/aromatic N) is 2. The molecule has 0 saturated carbocycles. The Kier molecular flexibility index (Phi) is 6.41. The fraction of sp³-hybridized carbons (Fsp3) is 0.632. The van der Waals surface area contributed by atoms with Gasteiger partial charge in [0, 0.05) is 36.6 Å². The molecule has 0 unspecified atom stereocenters. The number of hydrogen-bond acceptors (Lipinski definition) is 3. The van der Waals surface area contributed by atoms with E-state index in [4.69, 9.17) is 0 Å². The quantitative estimate of drug-likeness (QED) is 0.718. The van der Waals surface area contributed by atoms with Crippen molar-refractivity contribution < 1.29 is 13.2 Å². The summed E-state index contributed by atoms with van der Waals surface area (Å²) in [6.07, 6.45) is 3.52. The van der Waals surface area contributed by atoms with Gasteiger partial charge >= 0.3 is 0 Å². The third-order valence-corrected chi connectivity index (χ3v) is 7.75. The Morgan fingerprint density at radius 2 is 1.92 bits per heavy atom. The standard InChI is InChI=1S/C19H27BrN2O3S/c1-15-4-3-9-21(13-15)19(23)17-7-10-22(11-8-17)26(24,25)14-16-5-2-6-18(20)12-16/h2,5-6,12,15,17H,3-4,7-11,13-14H2,1H3/t15-/m0/s1. The first kappa shape index (κ1) is 19.8. The van der Waals surface area contributed by atoms with Gasteiger partial charge in [0.1, 0.15) is 0 Å². The van der Waals surface area contributed by atoms with Crippen molar-refractivity contribution in [2.45, 2.75) is 38.4 Å². The summed E-state index contributed by atoms with van der Waals surface area (Å²) in [6, 6.07) is 7.40. The molecule has 2 aliphatic rings. The van der Waals surface area contributed by atoms with Gasteiger partial charge in [-0.25, -0.2) is 12.7 Å². The molecule has 2 saturated heterocycles. The Morgan fingerprint density at radius 1 is 1.19 bits per heavy atom. The summed E-state index contributed by atoms with van der Waals surface area (Å²) >= 11 is 3.38. The van der Waals surface area contributed by atoms with Crippen LogP contribution in [0, 0.1) is 11.8 Å². The number of sulfonamides is 1. The predicted molar refractivity (Wildman–Crippen MR) is 106 cm³/mol. The molecule has 7 heteroatoms. The van der Waals surface area contributed by atoms with Crippen LogP contribution in [-0.2, 0) is 20.6 Å². The fourth-order valence-electron chi connectivity index (χ4n) is 3.96. The van der Waals surface area contributed by atoms with Crippen molar-refractivity contribution in [3.8, 4) is 0 Å². The van der Waals surface area contributed by atoms with E-state index in [0.717, 1.165) is 29.5 Å². The number of halogens is 1. The molecule has 2 aliphatic heterocycles. The highest BCUT2D eigenvalue weighted by molar-refractivity contribution is 9.10. The Balaban J connectivity index is 1.56. The van der Waals surface area contributed by atoms with Crippen molar-refractivity contribution in [1.29, 1.82) is 0 Å². The molecule has 144 valence electrons. The molecule has 2 fully saturated rings. The van der Waals surface area contributed by atoms with E-state index in [9.17, 15) is 13.2 Å². The zero-order valence-electron chi connectivity index (χ0n) is 15.2. The Bertz CT molecular complexity index is 745. The minimum absolute atomic E-state index is 0.00862. The SMILES string of the molecule is C[C@H]1CCCN(C(=O)C2CCN(S(=O)(=O)Cc3cccc(Br)c3)CC2)C1. The van der Waals surface area contributed by atoms with E-state index < -0.39 is 10.0 Å². The third-order valence-electron chi connectivity index (χ3n) is 5.40. The third kappa shape index (κ3) is 4.87. The maximum absolute atomic E-state index is 12.7. The normalized spacial score (nSPS) is 23.2. The number of rotatable bonds is 4. The lowest BCUT2D eigenvalue weighted by atomic mass is 9.93. The average Bonchev–Trinajstić information content (AvgIpc) is 2.61. The molecule has 1 amide bonds. The van der Waals surface area contributed by atoms with E-state index in [1.165, 1.54) is 6.42 Å². The summed E-state index contributed by atoms with van der Waals surface area (Å²) in [5, 5.41) is 0. The molecule has 5 nitrogen and oxygen atoms in total. The zero-order chi connectivity index (χ0) is 18.7. The van der Waals surface area contributed by atoms with Crippen molar-refractivity contribution in [2.75, 3.05) is 26.2 Å². The average molecular weight is 443 g/mol. The smallest absolute Gasteiger partial charge is 0.225 e. The highest BCUT2D eigenvalue weighted by Crippen LogP contribution is 2.26. The molecule has 0 aliphatic carbocycles. The first-order valence-corrected chi connectivity index (χ1v) is 11.8. The topological polar surface area (TPSA) is 57.7 Å². The van der Waals surface area contributed by atoms with Crippen molar-refractivity contribution in [3.63, 3.8) is 0 Å². The van der Waals surface area contributed by atoms with Crippen molar-refractivity contribution in [1.82, 2.24) is 9.21 Å². The van der Waals surface area contributed by atoms with Gasteiger partial charge in [0.05, 0.1) is 5.75 Å². The van der Waals surface area contributed by atoms with Crippen LogP contribution in [0.25, 0.3) is 0 Å². The number of amides is 1. The van der Waals surface area contributed by atoms with E-state index >= 15 is 0 Å². The van der Waals surface area contributed by atoms with E-state index in [1.54, 1.807) is 4.31 Å². The van der Waals surface area contributed by atoms with E-state index in [1.807, 2.05) is 29.2 Å². The predicted octanol–water partition coefficient (Wildman–Crippen LogP) is 3.25. The van der Waals surface area contributed by atoms with Crippen LogP contribution in [0.15, 0.2) is 28.7 Å². The molecule has 0 radical (unpaired) electrons. The van der Waals surface area contributed by atoms with Crippen molar-refractivity contribution >= 4 is 31.9 Å². The molecule has 0 bridgehead atoms. The molecule has 1 aromatic carbocycles. The lowest BCUT2D eigenvalue weighted by molar-refractivity contribution is -0.138. The van der Waals surface area contributed by atoms with Gasteiger partial charge in [-0.2, -0.15) is 0 Å². The van der Waals surface area contributed by atoms with Gasteiger partial charge in [-0.15, -0.1) is 0 Å². The Hall–Kier alpha value is -0.920. The number of benzene rings is 1. The van der Waals surface area contributed by atoms with Gasteiger partial charge in [0.2, 0.25) is 15.9 Å². The fourth-order valence-corrected chi connectivity index (χ4v) is 5.95. The second kappa shape index (κ2) is 8.40. The van der Waals surface area contributed by atoms with Crippen LogP contribution in [0.3, 0.4) is 0 Å². The second-order valence-corrected chi connectivity index (χ2v) is 10.5. The molecular formula is C19H27BrN2O3S. The number of carbonyl (C=O) groups excluding carboxylic acids is 1. The van der Waals surface area contributed by atoms with Crippen LogP contribution in [-0.4, -0.2) is 49.7 Å². The van der Waals surface area contributed by atoms with E-state index in [0.29, 0.717) is 31.8 Å². The van der Waals surface area contributed by atoms with Crippen LogP contribution in [0.5, 0.6) is 0 Å². The molecule has 26 heavy (non-hydrogen) atoms. The van der Waals surface area contributed by atoms with Gasteiger partial charge < -0.3 is 4.90 Å². The molecule has 2 heterocycles. The van der Waals surface area contributed by atoms with Gasteiger partial charge in [0.15, 0.2) is 0 Å². The minimum Gasteiger partial charge on any atom is -0.342 e. The summed E-state index contributed by atoms with van der Waals surface area (Å²) in [4.78, 5) is 14.7. The zero-order valence-corrected chi connectivity index (χ0v) is 17.6. The van der Waals surface area contributed by atoms with Gasteiger partial charge in [-0.3, -0.25) is 4.79 Å². The van der Waals surface area contributed by atoms with E-state index in [2.05, 4.69) is 22.9 Å². The molecule has 0 spiro atoms. The molecule has 1 atom stereocenters. The molecule has 1 aromatic rings. The highest BCUT2D eigenvalue weighted by Gasteiger charge is 2.34. The summed E-state index contributed by atoms with van der Waals surface area (Å²) in [5.41, 5.74) is 0.778. The lowest BCUT2D eigenvalue weighted by Crippen LogP contribution is -2.47. The first-order valence-electron chi connectivity index (χ1n) is 9.36. The molecule has 0 N–H and O–H groups in total. The van der Waals surface area contributed by atoms with E-state index in [-0.39, 0.29) is 17.6 Å². The van der Waals surface area contributed by atoms with Gasteiger partial charge in [-0.05, 0) is 49.3 Å². The molecule has 3 rings (SSSR count). The summed E-state index contributed by atoms with van der Waals surface area (Å²) in [7, 11) is -3.35. The van der Waals surface area contributed by atoms with Gasteiger partial charge in [-0.1, -0.05) is 35.0 Å². The summed E-state index contributed by atoms with van der Waals surface area (Å²) in [5.74, 6) is 0.769. The lowest BCUT2D eigenvalue weighted by Gasteiger charge is -2.36. The number of hydrogen-bond donors (Lipinski definition) is 0. The van der Waals surface area contributed by atoms with Crippen LogP contribution < -0.4 is 0 Å². The summed E-state index contributed by atoms with van der Waals surface area (Å²) in [6.45, 7) is 4.77. The largest absolute Gasteiger partial charge is 0.342 e. The minimum atomic E-state index is -3.35. The second-order valence-electron chi connectivity index (χ2n) is 7.59. The maximum atomic E-state index is 12.7. The van der Waals surface area contributed by atoms with Crippen LogP contribution >= 0.6 is 15.9 Å². The van der Waals surface area contributed by atoms with Crippen LogP contribution in [0.1, 0.15) is 38.2 Å². The van der Waals surface area contributed by atoms with Crippen LogP contribution in [0.2, 0.25) is 0 Å². The molecule has 0 aromatic heterocycles. The maximum Gasteiger partial charge on any atom is 0.225 e. The first-order chi connectivity index (χ1) is 12.3. The Morgan fingerprint density at radius 3 is 2.58 bits per heavy atom. The van der Waals surface area contributed by atoms with Crippen LogP contribution in [0.4, 0.5) is 0 Å². The monoisotopic (exact) mass is 442 g/mol. The van der Waals surface area contributed by atoms with Crippen molar-refractivity contribution in [2.24, 2.45) is 11.8 Å². The highest BCUT2D eigenvalue weighted by atomic mass is 79.9. The number of carbonyl (C=O) groups is 1. The summed E-state index contributed by atoms with van der Waals surface area (Å²) < 4.78 is 27.8.